The van der Waals surface area contributed by atoms with E-state index in [1.54, 1.807) is 9.80 Å². The summed E-state index contributed by atoms with van der Waals surface area (Å²) in [5, 5.41) is 0. The molecule has 0 spiro atoms. The Kier molecular flexibility index (Phi) is 6.52. The molecule has 6 heteroatoms. The van der Waals surface area contributed by atoms with E-state index in [0.29, 0.717) is 19.6 Å². The van der Waals surface area contributed by atoms with Gasteiger partial charge in [-0.05, 0) is 13.3 Å². The second-order valence-electron chi connectivity index (χ2n) is 5.38. The first-order chi connectivity index (χ1) is 9.39. The molecule has 20 heavy (non-hydrogen) atoms. The molecule has 0 unspecified atom stereocenters. The number of sulfone groups is 1. The standard InChI is InChI=1S/C11H18N2O3S.C3H8/c1-10-2-4-12(5-3-10)11(14)13-6-8-17(15,16)9-7-13;1-3-2/h2H,3-9H2,1H3;3H2,1-2H3. The van der Waals surface area contributed by atoms with Gasteiger partial charge in [0.15, 0.2) is 9.84 Å². The Labute approximate surface area is 122 Å². The van der Waals surface area contributed by atoms with Crippen molar-refractivity contribution in [2.45, 2.75) is 33.6 Å². The molecular formula is C14H26N2O3S. The average molecular weight is 302 g/mol. The van der Waals surface area contributed by atoms with Crippen LogP contribution in [0.5, 0.6) is 0 Å². The Bertz CT molecular complexity index is 443. The van der Waals surface area contributed by atoms with Gasteiger partial charge >= 0.3 is 6.03 Å². The normalized spacial score (nSPS) is 21.6. The molecule has 0 aromatic carbocycles. The first-order valence-electron chi connectivity index (χ1n) is 7.29. The van der Waals surface area contributed by atoms with E-state index >= 15 is 0 Å². The molecule has 0 aromatic heterocycles. The van der Waals surface area contributed by atoms with E-state index in [1.165, 1.54) is 12.0 Å². The van der Waals surface area contributed by atoms with Crippen molar-refractivity contribution in [3.8, 4) is 0 Å². The highest BCUT2D eigenvalue weighted by atomic mass is 32.2. The number of carbonyl (C=O) groups excluding carboxylic acids is 1. The number of urea groups is 1. The maximum absolute atomic E-state index is 12.1. The van der Waals surface area contributed by atoms with E-state index in [0.717, 1.165) is 13.0 Å². The largest absolute Gasteiger partial charge is 0.323 e. The fraction of sp³-hybridized carbons (Fsp3) is 0.786. The number of amides is 2. The third-order valence-corrected chi connectivity index (χ3v) is 4.93. The van der Waals surface area contributed by atoms with E-state index in [1.807, 2.05) is 0 Å². The lowest BCUT2D eigenvalue weighted by molar-refractivity contribution is 0.160. The third-order valence-electron chi connectivity index (χ3n) is 3.32. The van der Waals surface area contributed by atoms with Gasteiger partial charge in [-0.25, -0.2) is 13.2 Å². The van der Waals surface area contributed by atoms with Gasteiger partial charge in [-0.15, -0.1) is 0 Å². The second kappa shape index (κ2) is 7.67. The van der Waals surface area contributed by atoms with Crippen LogP contribution in [0.2, 0.25) is 0 Å². The lowest BCUT2D eigenvalue weighted by atomic mass is 10.1. The van der Waals surface area contributed by atoms with Crippen LogP contribution >= 0.6 is 0 Å². The van der Waals surface area contributed by atoms with Crippen LogP contribution in [-0.4, -0.2) is 61.9 Å². The van der Waals surface area contributed by atoms with Gasteiger partial charge in [-0.3, -0.25) is 0 Å². The third kappa shape index (κ3) is 5.15. The van der Waals surface area contributed by atoms with Crippen LogP contribution in [0.4, 0.5) is 4.79 Å². The molecule has 1 fully saturated rings. The fourth-order valence-electron chi connectivity index (χ4n) is 2.05. The molecule has 0 radical (unpaired) electrons. The smallest absolute Gasteiger partial charge is 0.320 e. The molecule has 0 aromatic rings. The van der Waals surface area contributed by atoms with Gasteiger partial charge in [0, 0.05) is 26.2 Å². The summed E-state index contributed by atoms with van der Waals surface area (Å²) in [5.74, 6) is 0.197. The topological polar surface area (TPSA) is 57.7 Å². The van der Waals surface area contributed by atoms with Crippen LogP contribution < -0.4 is 0 Å². The van der Waals surface area contributed by atoms with E-state index in [4.69, 9.17) is 0 Å². The summed E-state index contributed by atoms with van der Waals surface area (Å²) >= 11 is 0. The predicted octanol–water partition coefficient (Wildman–Crippen LogP) is 1.91. The van der Waals surface area contributed by atoms with Gasteiger partial charge in [-0.1, -0.05) is 31.9 Å². The summed E-state index contributed by atoms with van der Waals surface area (Å²) in [4.78, 5) is 15.5. The van der Waals surface area contributed by atoms with Crippen molar-refractivity contribution in [2.75, 3.05) is 37.7 Å². The van der Waals surface area contributed by atoms with Crippen LogP contribution in [0, 0.1) is 0 Å². The van der Waals surface area contributed by atoms with Gasteiger partial charge in [0.05, 0.1) is 11.5 Å². The highest BCUT2D eigenvalue weighted by Crippen LogP contribution is 2.13. The molecule has 0 bridgehead atoms. The van der Waals surface area contributed by atoms with E-state index in [2.05, 4.69) is 26.8 Å². The summed E-state index contributed by atoms with van der Waals surface area (Å²) in [6.45, 7) is 8.37. The van der Waals surface area contributed by atoms with Gasteiger partial charge in [0.25, 0.3) is 0 Å². The molecule has 2 rings (SSSR count). The highest BCUT2D eigenvalue weighted by molar-refractivity contribution is 7.91. The Morgan fingerprint density at radius 1 is 1.15 bits per heavy atom. The molecule has 0 N–H and O–H groups in total. The summed E-state index contributed by atoms with van der Waals surface area (Å²) < 4.78 is 22.6. The molecule has 2 heterocycles. The van der Waals surface area contributed by atoms with Crippen molar-refractivity contribution in [1.82, 2.24) is 9.80 Å². The zero-order chi connectivity index (χ0) is 15.2. The van der Waals surface area contributed by atoms with Gasteiger partial charge < -0.3 is 9.80 Å². The van der Waals surface area contributed by atoms with Crippen LogP contribution in [0.1, 0.15) is 33.6 Å². The van der Waals surface area contributed by atoms with E-state index < -0.39 is 9.84 Å². The minimum atomic E-state index is -2.91. The van der Waals surface area contributed by atoms with Crippen LogP contribution in [0.15, 0.2) is 11.6 Å². The van der Waals surface area contributed by atoms with Crippen molar-refractivity contribution in [2.24, 2.45) is 0 Å². The number of nitrogens with zero attached hydrogens (tertiary/aromatic N) is 2. The van der Waals surface area contributed by atoms with Crippen molar-refractivity contribution in [3.05, 3.63) is 11.6 Å². The quantitative estimate of drug-likeness (QED) is 0.642. The zero-order valence-electron chi connectivity index (χ0n) is 12.8. The molecule has 1 saturated heterocycles. The fourth-order valence-corrected chi connectivity index (χ4v) is 3.25. The average Bonchev–Trinajstić information content (AvgIpc) is 2.40. The first kappa shape index (κ1) is 17.0. The summed E-state index contributed by atoms with van der Waals surface area (Å²) in [5.41, 5.74) is 1.32. The monoisotopic (exact) mass is 302 g/mol. The first-order valence-corrected chi connectivity index (χ1v) is 9.11. The molecule has 2 amide bonds. The minimum absolute atomic E-state index is 0.0244. The zero-order valence-corrected chi connectivity index (χ0v) is 13.6. The number of hydrogen-bond acceptors (Lipinski definition) is 3. The van der Waals surface area contributed by atoms with Crippen molar-refractivity contribution < 1.29 is 13.2 Å². The molecule has 0 aliphatic carbocycles. The Hall–Kier alpha value is -1.04. The molecule has 2 aliphatic heterocycles. The maximum atomic E-state index is 12.1. The van der Waals surface area contributed by atoms with Gasteiger partial charge in [0.1, 0.15) is 0 Å². The molecular weight excluding hydrogens is 276 g/mol. The lowest BCUT2D eigenvalue weighted by Crippen LogP contribution is -2.50. The van der Waals surface area contributed by atoms with Crippen molar-refractivity contribution in [3.63, 3.8) is 0 Å². The molecule has 116 valence electrons. The Balaban J connectivity index is 0.000000612. The summed E-state index contributed by atoms with van der Waals surface area (Å²) in [6.07, 6.45) is 4.22. The number of hydrogen-bond donors (Lipinski definition) is 0. The highest BCUT2D eigenvalue weighted by Gasteiger charge is 2.28. The van der Waals surface area contributed by atoms with Crippen LogP contribution in [-0.2, 0) is 9.84 Å². The lowest BCUT2D eigenvalue weighted by Gasteiger charge is -2.34. The minimum Gasteiger partial charge on any atom is -0.323 e. The van der Waals surface area contributed by atoms with E-state index in [-0.39, 0.29) is 17.5 Å². The number of carbonyl (C=O) groups is 1. The molecule has 2 aliphatic rings. The number of rotatable bonds is 0. The summed E-state index contributed by atoms with van der Waals surface area (Å²) in [6, 6.07) is -0.0244. The van der Waals surface area contributed by atoms with Crippen molar-refractivity contribution >= 4 is 15.9 Å². The van der Waals surface area contributed by atoms with Gasteiger partial charge in [-0.2, -0.15) is 0 Å². The maximum Gasteiger partial charge on any atom is 0.320 e. The Morgan fingerprint density at radius 3 is 2.15 bits per heavy atom. The Morgan fingerprint density at radius 2 is 1.70 bits per heavy atom. The molecule has 0 saturated carbocycles. The van der Waals surface area contributed by atoms with E-state index in [9.17, 15) is 13.2 Å². The van der Waals surface area contributed by atoms with Crippen LogP contribution in [0.3, 0.4) is 0 Å². The van der Waals surface area contributed by atoms with Crippen molar-refractivity contribution in [1.29, 1.82) is 0 Å². The molecule has 0 atom stereocenters. The predicted molar refractivity (Wildman–Crippen MR) is 81.5 cm³/mol. The van der Waals surface area contributed by atoms with Crippen LogP contribution in [0.25, 0.3) is 0 Å². The molecule has 5 nitrogen and oxygen atoms in total. The summed E-state index contributed by atoms with van der Waals surface area (Å²) in [7, 11) is -2.91. The SMILES string of the molecule is CC1=CCN(C(=O)N2CCS(=O)(=O)CC2)CC1.CCC. The second-order valence-corrected chi connectivity index (χ2v) is 7.68. The van der Waals surface area contributed by atoms with Gasteiger partial charge in [0.2, 0.25) is 0 Å².